The van der Waals surface area contributed by atoms with Gasteiger partial charge < -0.3 is 9.84 Å². The molecule has 2 aromatic heterocycles. The topological polar surface area (TPSA) is 76.7 Å². The Kier molecular flexibility index (Phi) is 2.70. The second-order valence-corrected chi connectivity index (χ2v) is 3.78. The SMILES string of the molecule is CNCc1noc(-c2cccc3nccnc23)n1. The summed E-state index contributed by atoms with van der Waals surface area (Å²) >= 11 is 0. The number of hydrogen-bond acceptors (Lipinski definition) is 6. The molecule has 0 atom stereocenters. The number of aromatic nitrogens is 4. The third kappa shape index (κ3) is 1.82. The molecule has 0 aliphatic carbocycles. The summed E-state index contributed by atoms with van der Waals surface area (Å²) in [5.74, 6) is 1.08. The first-order valence-electron chi connectivity index (χ1n) is 5.56. The smallest absolute Gasteiger partial charge is 0.260 e. The van der Waals surface area contributed by atoms with Gasteiger partial charge in [-0.25, -0.2) is 0 Å². The molecular weight excluding hydrogens is 230 g/mol. The van der Waals surface area contributed by atoms with Crippen LogP contribution in [0.15, 0.2) is 35.1 Å². The lowest BCUT2D eigenvalue weighted by atomic mass is 10.2. The van der Waals surface area contributed by atoms with Crippen molar-refractivity contribution in [2.45, 2.75) is 6.54 Å². The largest absolute Gasteiger partial charge is 0.334 e. The summed E-state index contributed by atoms with van der Waals surface area (Å²) in [7, 11) is 1.83. The normalized spacial score (nSPS) is 10.9. The van der Waals surface area contributed by atoms with Gasteiger partial charge in [0.05, 0.1) is 17.6 Å². The molecule has 3 rings (SSSR count). The quantitative estimate of drug-likeness (QED) is 0.746. The highest BCUT2D eigenvalue weighted by Crippen LogP contribution is 2.24. The zero-order valence-corrected chi connectivity index (χ0v) is 9.79. The summed E-state index contributed by atoms with van der Waals surface area (Å²) < 4.78 is 5.24. The highest BCUT2D eigenvalue weighted by molar-refractivity contribution is 5.88. The van der Waals surface area contributed by atoms with Crippen LogP contribution in [-0.4, -0.2) is 27.2 Å². The van der Waals surface area contributed by atoms with Crippen molar-refractivity contribution in [3.8, 4) is 11.5 Å². The summed E-state index contributed by atoms with van der Waals surface area (Å²) in [6.45, 7) is 0.569. The molecule has 0 unspecified atom stereocenters. The minimum absolute atomic E-state index is 0.464. The summed E-state index contributed by atoms with van der Waals surface area (Å²) in [5.41, 5.74) is 2.37. The maximum atomic E-state index is 5.24. The fraction of sp³-hybridized carbons (Fsp3) is 0.167. The lowest BCUT2D eigenvalue weighted by Gasteiger charge is -1.99. The van der Waals surface area contributed by atoms with Crippen molar-refractivity contribution in [1.82, 2.24) is 25.4 Å². The van der Waals surface area contributed by atoms with E-state index in [1.165, 1.54) is 0 Å². The highest BCUT2D eigenvalue weighted by Gasteiger charge is 2.12. The van der Waals surface area contributed by atoms with E-state index in [-0.39, 0.29) is 0 Å². The first-order valence-corrected chi connectivity index (χ1v) is 5.56. The average molecular weight is 241 g/mol. The number of nitrogens with zero attached hydrogens (tertiary/aromatic N) is 4. The molecule has 0 radical (unpaired) electrons. The predicted octanol–water partition coefficient (Wildman–Crippen LogP) is 1.40. The third-order valence-electron chi connectivity index (χ3n) is 2.53. The first-order chi connectivity index (χ1) is 8.88. The van der Waals surface area contributed by atoms with Crippen molar-refractivity contribution < 1.29 is 4.52 Å². The minimum Gasteiger partial charge on any atom is -0.334 e. The summed E-state index contributed by atoms with van der Waals surface area (Å²) in [4.78, 5) is 12.9. The van der Waals surface area contributed by atoms with Crippen molar-refractivity contribution >= 4 is 11.0 Å². The van der Waals surface area contributed by atoms with Gasteiger partial charge in [0, 0.05) is 12.4 Å². The van der Waals surface area contributed by atoms with Crippen molar-refractivity contribution in [3.05, 3.63) is 36.4 Å². The lowest BCUT2D eigenvalue weighted by molar-refractivity contribution is 0.421. The number of benzene rings is 1. The van der Waals surface area contributed by atoms with Gasteiger partial charge in [0.25, 0.3) is 5.89 Å². The summed E-state index contributed by atoms with van der Waals surface area (Å²) in [5, 5.41) is 6.87. The monoisotopic (exact) mass is 241 g/mol. The molecule has 18 heavy (non-hydrogen) atoms. The Hall–Kier alpha value is -2.34. The zero-order valence-electron chi connectivity index (χ0n) is 9.79. The highest BCUT2D eigenvalue weighted by atomic mass is 16.5. The van der Waals surface area contributed by atoms with Gasteiger partial charge in [0.2, 0.25) is 0 Å². The van der Waals surface area contributed by atoms with Crippen LogP contribution >= 0.6 is 0 Å². The molecule has 0 aliphatic rings. The Bertz CT molecular complexity index is 674. The van der Waals surface area contributed by atoms with Gasteiger partial charge in [-0.3, -0.25) is 9.97 Å². The molecule has 6 heteroatoms. The van der Waals surface area contributed by atoms with E-state index in [1.807, 2.05) is 25.2 Å². The second-order valence-electron chi connectivity index (χ2n) is 3.78. The van der Waals surface area contributed by atoms with Crippen LogP contribution in [0.1, 0.15) is 5.82 Å². The molecule has 0 amide bonds. The molecule has 2 heterocycles. The maximum absolute atomic E-state index is 5.24. The lowest BCUT2D eigenvalue weighted by Crippen LogP contribution is -2.06. The van der Waals surface area contributed by atoms with E-state index in [1.54, 1.807) is 12.4 Å². The van der Waals surface area contributed by atoms with E-state index in [2.05, 4.69) is 25.4 Å². The van der Waals surface area contributed by atoms with E-state index >= 15 is 0 Å². The van der Waals surface area contributed by atoms with Crippen LogP contribution in [0.25, 0.3) is 22.5 Å². The number of nitrogens with one attached hydrogen (secondary N) is 1. The number of rotatable bonds is 3. The number of hydrogen-bond donors (Lipinski definition) is 1. The maximum Gasteiger partial charge on any atom is 0.260 e. The molecule has 0 saturated heterocycles. The van der Waals surface area contributed by atoms with Gasteiger partial charge in [0.15, 0.2) is 5.82 Å². The molecule has 0 fully saturated rings. The van der Waals surface area contributed by atoms with Gasteiger partial charge in [0.1, 0.15) is 5.52 Å². The Morgan fingerprint density at radius 1 is 1.22 bits per heavy atom. The van der Waals surface area contributed by atoms with E-state index in [0.717, 1.165) is 16.6 Å². The third-order valence-corrected chi connectivity index (χ3v) is 2.53. The molecule has 6 nitrogen and oxygen atoms in total. The van der Waals surface area contributed by atoms with Crippen LogP contribution < -0.4 is 5.32 Å². The van der Waals surface area contributed by atoms with E-state index in [4.69, 9.17) is 4.52 Å². The molecule has 0 saturated carbocycles. The van der Waals surface area contributed by atoms with Crippen LogP contribution in [0, 0.1) is 0 Å². The molecular formula is C12H11N5O. The molecule has 1 N–H and O–H groups in total. The van der Waals surface area contributed by atoms with Crippen LogP contribution in [0.4, 0.5) is 0 Å². The minimum atomic E-state index is 0.464. The van der Waals surface area contributed by atoms with Gasteiger partial charge in [-0.15, -0.1) is 0 Å². The fourth-order valence-corrected chi connectivity index (χ4v) is 1.76. The number of fused-ring (bicyclic) bond motifs is 1. The molecule has 0 aliphatic heterocycles. The molecule has 0 bridgehead atoms. The van der Waals surface area contributed by atoms with Gasteiger partial charge in [-0.2, -0.15) is 4.98 Å². The van der Waals surface area contributed by atoms with Crippen molar-refractivity contribution in [2.75, 3.05) is 7.05 Å². The second kappa shape index (κ2) is 4.50. The van der Waals surface area contributed by atoms with Crippen molar-refractivity contribution in [2.24, 2.45) is 0 Å². The van der Waals surface area contributed by atoms with Crippen molar-refractivity contribution in [3.63, 3.8) is 0 Å². The average Bonchev–Trinajstić information content (AvgIpc) is 2.87. The van der Waals surface area contributed by atoms with E-state index in [9.17, 15) is 0 Å². The van der Waals surface area contributed by atoms with Crippen LogP contribution in [0.3, 0.4) is 0 Å². The molecule has 3 aromatic rings. The zero-order chi connectivity index (χ0) is 12.4. The predicted molar refractivity (Wildman–Crippen MR) is 65.6 cm³/mol. The van der Waals surface area contributed by atoms with Crippen molar-refractivity contribution in [1.29, 1.82) is 0 Å². The molecule has 1 aromatic carbocycles. The summed E-state index contributed by atoms with van der Waals surface area (Å²) in [6, 6.07) is 5.69. The standard InChI is InChI=1S/C12H11N5O/c1-13-7-10-16-12(18-17-10)8-3-2-4-9-11(8)15-6-5-14-9/h2-6,13H,7H2,1H3. The van der Waals surface area contributed by atoms with Gasteiger partial charge in [-0.1, -0.05) is 11.2 Å². The van der Waals surface area contributed by atoms with Crippen LogP contribution in [-0.2, 0) is 6.54 Å². The first kappa shape index (κ1) is 10.8. The fourth-order valence-electron chi connectivity index (χ4n) is 1.76. The number of para-hydroxylation sites is 1. The Balaban J connectivity index is 2.12. The van der Waals surface area contributed by atoms with Gasteiger partial charge >= 0.3 is 0 Å². The van der Waals surface area contributed by atoms with E-state index in [0.29, 0.717) is 18.3 Å². The summed E-state index contributed by atoms with van der Waals surface area (Å²) in [6.07, 6.45) is 3.31. The van der Waals surface area contributed by atoms with Crippen LogP contribution in [0.2, 0.25) is 0 Å². The van der Waals surface area contributed by atoms with Gasteiger partial charge in [-0.05, 0) is 19.2 Å². The molecule has 0 spiro atoms. The van der Waals surface area contributed by atoms with E-state index < -0.39 is 0 Å². The van der Waals surface area contributed by atoms with Crippen LogP contribution in [0.5, 0.6) is 0 Å². The Labute approximate surface area is 103 Å². The molecule has 90 valence electrons. The Morgan fingerprint density at radius 3 is 3.00 bits per heavy atom. The Morgan fingerprint density at radius 2 is 2.11 bits per heavy atom.